The van der Waals surface area contributed by atoms with Gasteiger partial charge in [-0.15, -0.1) is 0 Å². The second-order valence-electron chi connectivity index (χ2n) is 5.93. The van der Waals surface area contributed by atoms with Crippen molar-refractivity contribution in [3.05, 3.63) is 35.9 Å². The van der Waals surface area contributed by atoms with Gasteiger partial charge in [0, 0.05) is 12.3 Å². The number of thioether (sulfide) groups is 1. The Balaban J connectivity index is 1.34. The summed E-state index contributed by atoms with van der Waals surface area (Å²) in [5.74, 6) is 1.16. The van der Waals surface area contributed by atoms with Gasteiger partial charge in [-0.2, -0.15) is 0 Å². The predicted octanol–water partition coefficient (Wildman–Crippen LogP) is 2.78. The number of piperidine rings is 1. The summed E-state index contributed by atoms with van der Waals surface area (Å²) in [6, 6.07) is 11.2. The Morgan fingerprint density at radius 2 is 1.95 bits per heavy atom. The minimum Gasteiger partial charge on any atom is -0.360 e. The SMILES string of the molecule is c1ccc(CC2CN=C(SCCN3CCCCC3)N2)cc1. The molecule has 0 bridgehead atoms. The number of rotatable bonds is 5. The van der Waals surface area contributed by atoms with E-state index in [4.69, 9.17) is 0 Å². The molecule has 1 fully saturated rings. The molecule has 0 amide bonds. The van der Waals surface area contributed by atoms with Crippen LogP contribution in [0.15, 0.2) is 35.3 Å². The molecule has 2 aliphatic rings. The smallest absolute Gasteiger partial charge is 0.156 e. The monoisotopic (exact) mass is 303 g/mol. The lowest BCUT2D eigenvalue weighted by molar-refractivity contribution is 0.242. The van der Waals surface area contributed by atoms with E-state index < -0.39 is 0 Å². The van der Waals surface area contributed by atoms with Crippen molar-refractivity contribution in [2.75, 3.05) is 31.9 Å². The summed E-state index contributed by atoms with van der Waals surface area (Å²) in [6.45, 7) is 4.70. The molecular weight excluding hydrogens is 278 g/mol. The average molecular weight is 303 g/mol. The summed E-state index contributed by atoms with van der Waals surface area (Å²) in [5.41, 5.74) is 1.39. The predicted molar refractivity (Wildman–Crippen MR) is 92.1 cm³/mol. The van der Waals surface area contributed by atoms with Crippen LogP contribution >= 0.6 is 11.8 Å². The summed E-state index contributed by atoms with van der Waals surface area (Å²) >= 11 is 1.89. The fourth-order valence-corrected chi connectivity index (χ4v) is 3.97. The van der Waals surface area contributed by atoms with Crippen LogP contribution in [0.25, 0.3) is 0 Å². The molecule has 2 aliphatic heterocycles. The van der Waals surface area contributed by atoms with Crippen LogP contribution in [0.4, 0.5) is 0 Å². The highest BCUT2D eigenvalue weighted by molar-refractivity contribution is 8.13. The van der Waals surface area contributed by atoms with Crippen molar-refractivity contribution in [3.8, 4) is 0 Å². The van der Waals surface area contributed by atoms with E-state index in [-0.39, 0.29) is 0 Å². The number of likely N-dealkylation sites (tertiary alicyclic amines) is 1. The van der Waals surface area contributed by atoms with Gasteiger partial charge in [-0.05, 0) is 37.9 Å². The molecule has 1 saturated heterocycles. The lowest BCUT2D eigenvalue weighted by atomic mass is 10.1. The van der Waals surface area contributed by atoms with E-state index in [0.717, 1.165) is 23.9 Å². The van der Waals surface area contributed by atoms with Crippen LogP contribution in [-0.4, -0.2) is 48.0 Å². The Morgan fingerprint density at radius 1 is 1.14 bits per heavy atom. The first kappa shape index (κ1) is 14.9. The molecule has 1 aromatic carbocycles. The molecule has 114 valence electrons. The molecule has 3 rings (SSSR count). The summed E-state index contributed by atoms with van der Waals surface area (Å²) < 4.78 is 0. The van der Waals surface area contributed by atoms with Gasteiger partial charge in [-0.1, -0.05) is 48.5 Å². The fourth-order valence-electron chi connectivity index (χ4n) is 3.01. The molecule has 1 unspecified atom stereocenters. The second-order valence-corrected chi connectivity index (χ2v) is 7.01. The Hall–Kier alpha value is -1.00. The van der Waals surface area contributed by atoms with E-state index in [0.29, 0.717) is 6.04 Å². The first-order valence-electron chi connectivity index (χ1n) is 8.10. The van der Waals surface area contributed by atoms with Gasteiger partial charge in [-0.25, -0.2) is 0 Å². The first-order valence-corrected chi connectivity index (χ1v) is 9.09. The van der Waals surface area contributed by atoms with Gasteiger partial charge in [0.25, 0.3) is 0 Å². The van der Waals surface area contributed by atoms with Crippen LogP contribution in [0, 0.1) is 0 Å². The maximum Gasteiger partial charge on any atom is 0.156 e. The van der Waals surface area contributed by atoms with Gasteiger partial charge < -0.3 is 10.2 Å². The molecule has 1 atom stereocenters. The Bertz CT molecular complexity index is 454. The average Bonchev–Trinajstić information content (AvgIpc) is 2.97. The van der Waals surface area contributed by atoms with Crippen LogP contribution in [0.2, 0.25) is 0 Å². The third-order valence-electron chi connectivity index (χ3n) is 4.20. The Labute approximate surface area is 132 Å². The third kappa shape index (κ3) is 4.75. The lowest BCUT2D eigenvalue weighted by Gasteiger charge is -2.26. The molecule has 4 heteroatoms. The molecule has 0 aromatic heterocycles. The zero-order chi connectivity index (χ0) is 14.3. The third-order valence-corrected chi connectivity index (χ3v) is 5.11. The van der Waals surface area contributed by atoms with Crippen molar-refractivity contribution in [1.82, 2.24) is 10.2 Å². The summed E-state index contributed by atoms with van der Waals surface area (Å²) in [7, 11) is 0. The van der Waals surface area contributed by atoms with Crippen molar-refractivity contribution < 1.29 is 0 Å². The number of amidine groups is 1. The minimum absolute atomic E-state index is 0.477. The van der Waals surface area contributed by atoms with E-state index >= 15 is 0 Å². The van der Waals surface area contributed by atoms with Gasteiger partial charge in [0.05, 0.1) is 12.6 Å². The molecule has 2 heterocycles. The van der Waals surface area contributed by atoms with E-state index in [9.17, 15) is 0 Å². The molecule has 1 N–H and O–H groups in total. The normalized spacial score (nSPS) is 22.9. The van der Waals surface area contributed by atoms with Crippen molar-refractivity contribution in [3.63, 3.8) is 0 Å². The Kier molecular flexibility index (Phi) is 5.58. The summed E-state index contributed by atoms with van der Waals surface area (Å²) in [5, 5.41) is 4.72. The number of hydrogen-bond donors (Lipinski definition) is 1. The lowest BCUT2D eigenvalue weighted by Crippen LogP contribution is -2.33. The van der Waals surface area contributed by atoms with E-state index in [1.54, 1.807) is 0 Å². The zero-order valence-corrected chi connectivity index (χ0v) is 13.4. The maximum absolute atomic E-state index is 4.65. The second kappa shape index (κ2) is 7.85. The molecule has 1 aromatic rings. The molecule has 3 nitrogen and oxygen atoms in total. The molecular formula is C17H25N3S. The number of benzene rings is 1. The number of nitrogens with zero attached hydrogens (tertiary/aromatic N) is 2. The quantitative estimate of drug-likeness (QED) is 0.906. The number of nitrogens with one attached hydrogen (secondary N) is 1. The van der Waals surface area contributed by atoms with Gasteiger partial charge in [0.1, 0.15) is 0 Å². The van der Waals surface area contributed by atoms with Crippen molar-refractivity contribution >= 4 is 16.9 Å². The Morgan fingerprint density at radius 3 is 2.76 bits per heavy atom. The topological polar surface area (TPSA) is 27.6 Å². The maximum atomic E-state index is 4.65. The molecule has 0 aliphatic carbocycles. The van der Waals surface area contributed by atoms with Crippen LogP contribution in [0.5, 0.6) is 0 Å². The van der Waals surface area contributed by atoms with Gasteiger partial charge in [0.2, 0.25) is 0 Å². The minimum atomic E-state index is 0.477. The highest BCUT2D eigenvalue weighted by atomic mass is 32.2. The molecule has 0 spiro atoms. The standard InChI is InChI=1S/C17H25N3S/c1-3-7-15(8-4-1)13-16-14-18-17(19-16)21-12-11-20-9-5-2-6-10-20/h1,3-4,7-8,16H,2,5-6,9-14H2,(H,18,19). The van der Waals surface area contributed by atoms with E-state index in [2.05, 4.69) is 45.5 Å². The van der Waals surface area contributed by atoms with Crippen LogP contribution in [0.1, 0.15) is 24.8 Å². The molecule has 0 saturated carbocycles. The first-order chi connectivity index (χ1) is 10.4. The summed E-state index contributed by atoms with van der Waals surface area (Å²) in [6.07, 6.45) is 5.24. The fraction of sp³-hybridized carbons (Fsp3) is 0.588. The van der Waals surface area contributed by atoms with Crippen molar-refractivity contribution in [2.45, 2.75) is 31.7 Å². The van der Waals surface area contributed by atoms with Gasteiger partial charge in [0.15, 0.2) is 5.17 Å². The van der Waals surface area contributed by atoms with Gasteiger partial charge >= 0.3 is 0 Å². The van der Waals surface area contributed by atoms with Crippen LogP contribution in [0.3, 0.4) is 0 Å². The van der Waals surface area contributed by atoms with Crippen molar-refractivity contribution in [2.24, 2.45) is 4.99 Å². The van der Waals surface area contributed by atoms with Crippen LogP contribution < -0.4 is 5.32 Å². The van der Waals surface area contributed by atoms with E-state index in [1.165, 1.54) is 44.5 Å². The number of aliphatic imine (C=N–C) groups is 1. The molecule has 0 radical (unpaired) electrons. The van der Waals surface area contributed by atoms with Crippen molar-refractivity contribution in [1.29, 1.82) is 0 Å². The van der Waals surface area contributed by atoms with E-state index in [1.807, 2.05) is 11.8 Å². The largest absolute Gasteiger partial charge is 0.360 e. The molecule has 21 heavy (non-hydrogen) atoms. The zero-order valence-electron chi connectivity index (χ0n) is 12.6. The number of hydrogen-bond acceptors (Lipinski definition) is 4. The van der Waals surface area contributed by atoms with Gasteiger partial charge in [-0.3, -0.25) is 4.99 Å². The van der Waals surface area contributed by atoms with Crippen LogP contribution in [-0.2, 0) is 6.42 Å². The summed E-state index contributed by atoms with van der Waals surface area (Å²) in [4.78, 5) is 7.24. The highest BCUT2D eigenvalue weighted by Crippen LogP contribution is 2.14. The highest BCUT2D eigenvalue weighted by Gasteiger charge is 2.18.